The lowest BCUT2D eigenvalue weighted by Crippen LogP contribution is -2.23. The van der Waals surface area contributed by atoms with Gasteiger partial charge in [0, 0.05) is 18.2 Å². The lowest BCUT2D eigenvalue weighted by Gasteiger charge is -2.17. The summed E-state index contributed by atoms with van der Waals surface area (Å²) in [6.07, 6.45) is 1.92. The third-order valence-electron chi connectivity index (χ3n) is 4.23. The first-order valence-electron chi connectivity index (χ1n) is 8.41. The lowest BCUT2D eigenvalue weighted by atomic mass is 9.93. The van der Waals surface area contributed by atoms with Gasteiger partial charge in [-0.25, -0.2) is 4.39 Å². The van der Waals surface area contributed by atoms with Crippen LogP contribution in [0.4, 0.5) is 10.1 Å². The maximum atomic E-state index is 13.3. The fourth-order valence-corrected chi connectivity index (χ4v) is 2.83. The van der Waals surface area contributed by atoms with Gasteiger partial charge in [0.2, 0.25) is 5.91 Å². The Hall–Kier alpha value is -3.28. The summed E-state index contributed by atoms with van der Waals surface area (Å²) in [6.45, 7) is 0. The van der Waals surface area contributed by atoms with Gasteiger partial charge in [0.25, 0.3) is 0 Å². The molecule has 3 aromatic rings. The average Bonchev–Trinajstić information content (AvgIpc) is 3.20. The Balaban J connectivity index is 1.85. The predicted octanol–water partition coefficient (Wildman–Crippen LogP) is 4.40. The number of furan rings is 1. The quantitative estimate of drug-likeness (QED) is 0.671. The molecule has 27 heavy (non-hydrogen) atoms. The molecule has 140 valence electrons. The molecule has 0 fully saturated rings. The van der Waals surface area contributed by atoms with Crippen LogP contribution in [0.25, 0.3) is 0 Å². The topological polar surface area (TPSA) is 60.7 Å². The fraction of sp³-hybridized carbons (Fsp3) is 0.190. The summed E-state index contributed by atoms with van der Waals surface area (Å²) in [5.41, 5.74) is 1.27. The number of hydrogen-bond acceptors (Lipinski definition) is 4. The second-order valence-electron chi connectivity index (χ2n) is 5.95. The van der Waals surface area contributed by atoms with E-state index < -0.39 is 5.92 Å². The summed E-state index contributed by atoms with van der Waals surface area (Å²) < 4.78 is 29.1. The minimum atomic E-state index is -0.537. The number of rotatable bonds is 7. The normalized spacial score (nSPS) is 11.7. The van der Waals surface area contributed by atoms with Crippen molar-refractivity contribution in [3.05, 3.63) is 78.0 Å². The van der Waals surface area contributed by atoms with Crippen LogP contribution in [0.1, 0.15) is 17.2 Å². The summed E-state index contributed by atoms with van der Waals surface area (Å²) in [5.74, 6) is 0.637. The van der Waals surface area contributed by atoms with Gasteiger partial charge in [0.1, 0.15) is 11.6 Å². The first-order chi connectivity index (χ1) is 13.1. The molecule has 1 unspecified atom stereocenters. The highest BCUT2D eigenvalue weighted by molar-refractivity contribution is 5.96. The van der Waals surface area contributed by atoms with Gasteiger partial charge < -0.3 is 19.2 Å². The zero-order chi connectivity index (χ0) is 19.2. The molecule has 6 heteroatoms. The molecule has 0 aliphatic carbocycles. The van der Waals surface area contributed by atoms with Crippen LogP contribution in [0, 0.1) is 5.82 Å². The van der Waals surface area contributed by atoms with Gasteiger partial charge in [-0.05, 0) is 42.0 Å². The molecule has 0 aliphatic rings. The fourth-order valence-electron chi connectivity index (χ4n) is 2.83. The first kappa shape index (κ1) is 18.5. The van der Waals surface area contributed by atoms with E-state index in [2.05, 4.69) is 5.32 Å². The Kier molecular flexibility index (Phi) is 5.76. The molecular formula is C21H20FNO4. The molecule has 2 aromatic carbocycles. The van der Waals surface area contributed by atoms with E-state index in [1.165, 1.54) is 19.2 Å². The second kappa shape index (κ2) is 8.40. The van der Waals surface area contributed by atoms with Crippen molar-refractivity contribution < 1.29 is 23.1 Å². The number of methoxy groups -OCH3 is 2. The molecule has 1 aromatic heterocycles. The van der Waals surface area contributed by atoms with E-state index in [1.807, 2.05) is 0 Å². The SMILES string of the molecule is COc1ccc(NC(=O)C(Cc2ccco2)c2ccc(F)cc2)cc1OC. The Morgan fingerprint density at radius 1 is 1.07 bits per heavy atom. The number of carbonyl (C=O) groups is 1. The van der Waals surface area contributed by atoms with Crippen LogP contribution in [-0.4, -0.2) is 20.1 Å². The largest absolute Gasteiger partial charge is 0.493 e. The van der Waals surface area contributed by atoms with Gasteiger partial charge in [0.05, 0.1) is 26.4 Å². The molecular weight excluding hydrogens is 349 g/mol. The number of nitrogens with one attached hydrogen (secondary N) is 1. The molecule has 1 N–H and O–H groups in total. The molecule has 0 saturated carbocycles. The zero-order valence-corrected chi connectivity index (χ0v) is 15.1. The number of ether oxygens (including phenoxy) is 2. The molecule has 0 radical (unpaired) electrons. The number of amides is 1. The van der Waals surface area contributed by atoms with Crippen molar-refractivity contribution in [2.45, 2.75) is 12.3 Å². The molecule has 0 aliphatic heterocycles. The minimum Gasteiger partial charge on any atom is -0.493 e. The zero-order valence-electron chi connectivity index (χ0n) is 15.1. The lowest BCUT2D eigenvalue weighted by molar-refractivity contribution is -0.117. The van der Waals surface area contributed by atoms with Crippen molar-refractivity contribution >= 4 is 11.6 Å². The number of anilines is 1. The first-order valence-corrected chi connectivity index (χ1v) is 8.41. The summed E-state index contributed by atoms with van der Waals surface area (Å²) in [4.78, 5) is 13.0. The van der Waals surface area contributed by atoms with Gasteiger partial charge in [0.15, 0.2) is 11.5 Å². The van der Waals surface area contributed by atoms with Gasteiger partial charge in [-0.3, -0.25) is 4.79 Å². The van der Waals surface area contributed by atoms with E-state index in [0.717, 1.165) is 0 Å². The van der Waals surface area contributed by atoms with Crippen LogP contribution < -0.4 is 14.8 Å². The Labute approximate surface area is 156 Å². The Morgan fingerprint density at radius 2 is 1.81 bits per heavy atom. The highest BCUT2D eigenvalue weighted by atomic mass is 19.1. The predicted molar refractivity (Wildman–Crippen MR) is 99.7 cm³/mol. The van der Waals surface area contributed by atoms with E-state index in [-0.39, 0.29) is 11.7 Å². The Bertz CT molecular complexity index is 891. The third kappa shape index (κ3) is 4.47. The number of halogens is 1. The van der Waals surface area contributed by atoms with E-state index in [0.29, 0.717) is 34.9 Å². The molecule has 1 atom stereocenters. The van der Waals surface area contributed by atoms with Crippen molar-refractivity contribution in [1.82, 2.24) is 0 Å². The van der Waals surface area contributed by atoms with Crippen LogP contribution in [-0.2, 0) is 11.2 Å². The highest BCUT2D eigenvalue weighted by Crippen LogP contribution is 2.31. The van der Waals surface area contributed by atoms with Crippen molar-refractivity contribution in [1.29, 1.82) is 0 Å². The Morgan fingerprint density at radius 3 is 2.44 bits per heavy atom. The smallest absolute Gasteiger partial charge is 0.232 e. The van der Waals surface area contributed by atoms with Crippen LogP contribution >= 0.6 is 0 Å². The average molecular weight is 369 g/mol. The summed E-state index contributed by atoms with van der Waals surface area (Å²) in [7, 11) is 3.08. The number of hydrogen-bond donors (Lipinski definition) is 1. The van der Waals surface area contributed by atoms with Crippen LogP contribution in [0.3, 0.4) is 0 Å². The van der Waals surface area contributed by atoms with Crippen molar-refractivity contribution in [2.75, 3.05) is 19.5 Å². The van der Waals surface area contributed by atoms with Gasteiger partial charge in [-0.15, -0.1) is 0 Å². The van der Waals surface area contributed by atoms with Crippen LogP contribution in [0.15, 0.2) is 65.3 Å². The second-order valence-corrected chi connectivity index (χ2v) is 5.95. The van der Waals surface area contributed by atoms with Crippen LogP contribution in [0.5, 0.6) is 11.5 Å². The minimum absolute atomic E-state index is 0.231. The molecule has 1 heterocycles. The van der Waals surface area contributed by atoms with Crippen molar-refractivity contribution in [2.24, 2.45) is 0 Å². The number of carbonyl (C=O) groups excluding carboxylic acids is 1. The van der Waals surface area contributed by atoms with E-state index in [9.17, 15) is 9.18 Å². The summed E-state index contributed by atoms with van der Waals surface area (Å²) in [6, 6.07) is 14.6. The molecule has 1 amide bonds. The molecule has 0 spiro atoms. The van der Waals surface area contributed by atoms with E-state index in [4.69, 9.17) is 13.9 Å². The van der Waals surface area contributed by atoms with Gasteiger partial charge in [-0.1, -0.05) is 12.1 Å². The number of benzene rings is 2. The monoisotopic (exact) mass is 369 g/mol. The van der Waals surface area contributed by atoms with Crippen LogP contribution in [0.2, 0.25) is 0 Å². The van der Waals surface area contributed by atoms with E-state index >= 15 is 0 Å². The molecule has 5 nitrogen and oxygen atoms in total. The highest BCUT2D eigenvalue weighted by Gasteiger charge is 2.23. The van der Waals surface area contributed by atoms with Crippen molar-refractivity contribution in [3.8, 4) is 11.5 Å². The molecule has 0 bridgehead atoms. The van der Waals surface area contributed by atoms with Gasteiger partial charge >= 0.3 is 0 Å². The maximum Gasteiger partial charge on any atom is 0.232 e. The van der Waals surface area contributed by atoms with Gasteiger partial charge in [-0.2, -0.15) is 0 Å². The summed E-state index contributed by atoms with van der Waals surface area (Å²) in [5, 5.41) is 2.88. The molecule has 3 rings (SSSR count). The van der Waals surface area contributed by atoms with Crippen molar-refractivity contribution in [3.63, 3.8) is 0 Å². The van der Waals surface area contributed by atoms with E-state index in [1.54, 1.807) is 55.8 Å². The molecule has 0 saturated heterocycles. The third-order valence-corrected chi connectivity index (χ3v) is 4.23. The maximum absolute atomic E-state index is 13.3. The summed E-state index contributed by atoms with van der Waals surface area (Å²) >= 11 is 0. The standard InChI is InChI=1S/C21H20FNO4/c1-25-19-10-9-16(12-20(19)26-2)23-21(24)18(13-17-4-3-11-27-17)14-5-7-15(22)8-6-14/h3-12,18H,13H2,1-2H3,(H,23,24).